The van der Waals surface area contributed by atoms with E-state index in [1.54, 1.807) is 13.3 Å². The van der Waals surface area contributed by atoms with E-state index in [2.05, 4.69) is 39.7 Å². The van der Waals surface area contributed by atoms with Gasteiger partial charge in [0.15, 0.2) is 0 Å². The number of aromatic nitrogens is 2. The van der Waals surface area contributed by atoms with Crippen molar-refractivity contribution in [2.24, 2.45) is 5.92 Å². The smallest absolute Gasteiger partial charge is 0.319 e. The maximum Gasteiger partial charge on any atom is 0.319 e. The number of hydrogen-bond acceptors (Lipinski definition) is 4. The molecule has 0 amide bonds. The lowest BCUT2D eigenvalue weighted by Gasteiger charge is -2.07. The summed E-state index contributed by atoms with van der Waals surface area (Å²) in [5, 5.41) is 0. The van der Waals surface area contributed by atoms with Crippen LogP contribution in [0.2, 0.25) is 0 Å². The number of nitrogens with zero attached hydrogens (tertiary/aromatic N) is 2. The van der Waals surface area contributed by atoms with Crippen LogP contribution in [0.4, 0.5) is 0 Å². The molecule has 90 valence electrons. The molecule has 0 aromatic carbocycles. The van der Waals surface area contributed by atoms with Crippen molar-refractivity contribution in [1.29, 1.82) is 0 Å². The molecule has 0 saturated heterocycles. The first-order valence-electron chi connectivity index (χ1n) is 5.32. The molecule has 0 radical (unpaired) electrons. The Morgan fingerprint density at radius 3 is 2.81 bits per heavy atom. The van der Waals surface area contributed by atoms with Crippen molar-refractivity contribution in [2.75, 3.05) is 13.7 Å². The van der Waals surface area contributed by atoms with Gasteiger partial charge >= 0.3 is 6.01 Å². The van der Waals surface area contributed by atoms with Crippen molar-refractivity contribution < 1.29 is 9.47 Å². The van der Waals surface area contributed by atoms with Crippen LogP contribution in [0.25, 0.3) is 0 Å². The fourth-order valence-electron chi connectivity index (χ4n) is 1.20. The van der Waals surface area contributed by atoms with Crippen LogP contribution < -0.4 is 9.47 Å². The molecule has 1 heterocycles. The van der Waals surface area contributed by atoms with Crippen molar-refractivity contribution in [3.63, 3.8) is 0 Å². The maximum absolute atomic E-state index is 5.43. The van der Waals surface area contributed by atoms with Crippen LogP contribution in [0.3, 0.4) is 0 Å². The number of hydrogen-bond donors (Lipinski definition) is 0. The Labute approximate surface area is 105 Å². The van der Waals surface area contributed by atoms with Crippen molar-refractivity contribution in [2.45, 2.75) is 26.7 Å². The molecule has 16 heavy (non-hydrogen) atoms. The molecule has 0 spiro atoms. The zero-order valence-electron chi connectivity index (χ0n) is 9.86. The lowest BCUT2D eigenvalue weighted by molar-refractivity contribution is 0.269. The van der Waals surface area contributed by atoms with E-state index in [-0.39, 0.29) is 0 Å². The third-order valence-electron chi connectivity index (χ3n) is 2.04. The van der Waals surface area contributed by atoms with E-state index in [9.17, 15) is 0 Å². The van der Waals surface area contributed by atoms with Gasteiger partial charge in [-0.05, 0) is 34.7 Å². The molecule has 5 heteroatoms. The summed E-state index contributed by atoms with van der Waals surface area (Å²) in [7, 11) is 1.57. The highest BCUT2D eigenvalue weighted by Gasteiger charge is 2.05. The molecule has 0 fully saturated rings. The number of methoxy groups -OCH3 is 1. The van der Waals surface area contributed by atoms with Crippen LogP contribution in [-0.2, 0) is 0 Å². The van der Waals surface area contributed by atoms with Gasteiger partial charge in [-0.3, -0.25) is 0 Å². The highest BCUT2D eigenvalue weighted by atomic mass is 79.9. The monoisotopic (exact) mass is 288 g/mol. The SMILES string of the molecule is COc1nc(OCCCC(C)C)ncc1Br. The Morgan fingerprint density at radius 2 is 2.19 bits per heavy atom. The molecule has 1 rings (SSSR count). The first-order valence-corrected chi connectivity index (χ1v) is 6.12. The van der Waals surface area contributed by atoms with E-state index in [4.69, 9.17) is 9.47 Å². The predicted molar refractivity (Wildman–Crippen MR) is 65.9 cm³/mol. The fraction of sp³-hybridized carbons (Fsp3) is 0.636. The average Bonchev–Trinajstić information content (AvgIpc) is 2.26. The van der Waals surface area contributed by atoms with Gasteiger partial charge in [-0.15, -0.1) is 0 Å². The largest absolute Gasteiger partial charge is 0.480 e. The zero-order chi connectivity index (χ0) is 12.0. The topological polar surface area (TPSA) is 44.2 Å². The van der Waals surface area contributed by atoms with Gasteiger partial charge in [0.25, 0.3) is 0 Å². The second kappa shape index (κ2) is 6.68. The molecule has 4 nitrogen and oxygen atoms in total. The van der Waals surface area contributed by atoms with E-state index < -0.39 is 0 Å². The van der Waals surface area contributed by atoms with Gasteiger partial charge in [0.2, 0.25) is 5.88 Å². The van der Waals surface area contributed by atoms with Gasteiger partial charge in [0.05, 0.1) is 24.4 Å². The van der Waals surface area contributed by atoms with E-state index in [0.717, 1.165) is 17.3 Å². The molecule has 0 saturated carbocycles. The molecule has 0 N–H and O–H groups in total. The molecule has 0 aliphatic heterocycles. The molecule has 1 aromatic heterocycles. The quantitative estimate of drug-likeness (QED) is 0.755. The molecule has 0 aliphatic carbocycles. The Hall–Kier alpha value is -0.840. The summed E-state index contributed by atoms with van der Waals surface area (Å²) in [4.78, 5) is 8.15. The van der Waals surface area contributed by atoms with Crippen molar-refractivity contribution in [1.82, 2.24) is 9.97 Å². The third kappa shape index (κ3) is 4.35. The van der Waals surface area contributed by atoms with E-state index in [1.165, 1.54) is 0 Å². The first kappa shape index (κ1) is 13.2. The van der Waals surface area contributed by atoms with Gasteiger partial charge in [-0.1, -0.05) is 13.8 Å². The zero-order valence-corrected chi connectivity index (χ0v) is 11.5. The van der Waals surface area contributed by atoms with Crippen LogP contribution in [-0.4, -0.2) is 23.7 Å². The minimum absolute atomic E-state index is 0.365. The second-order valence-electron chi connectivity index (χ2n) is 3.89. The van der Waals surface area contributed by atoms with Crippen LogP contribution in [0.1, 0.15) is 26.7 Å². The van der Waals surface area contributed by atoms with Gasteiger partial charge in [0, 0.05) is 0 Å². The molecule has 0 unspecified atom stereocenters. The predicted octanol–water partition coefficient (Wildman–Crippen LogP) is 3.06. The standard InChI is InChI=1S/C11H17BrN2O2/c1-8(2)5-4-6-16-11-13-7-9(12)10(14-11)15-3/h7-8H,4-6H2,1-3H3. The van der Waals surface area contributed by atoms with Gasteiger partial charge < -0.3 is 9.47 Å². The average molecular weight is 289 g/mol. The van der Waals surface area contributed by atoms with E-state index >= 15 is 0 Å². The van der Waals surface area contributed by atoms with Crippen LogP contribution in [0.15, 0.2) is 10.7 Å². The summed E-state index contributed by atoms with van der Waals surface area (Å²) in [6, 6.07) is 0.365. The summed E-state index contributed by atoms with van der Waals surface area (Å²) in [5.74, 6) is 1.19. The summed E-state index contributed by atoms with van der Waals surface area (Å²) < 4.78 is 11.2. The van der Waals surface area contributed by atoms with E-state index in [1.807, 2.05) is 0 Å². The molecular weight excluding hydrogens is 272 g/mol. The highest BCUT2D eigenvalue weighted by Crippen LogP contribution is 2.22. The summed E-state index contributed by atoms with van der Waals surface area (Å²) in [5.41, 5.74) is 0. The minimum atomic E-state index is 0.365. The minimum Gasteiger partial charge on any atom is -0.480 e. The van der Waals surface area contributed by atoms with Gasteiger partial charge in [-0.25, -0.2) is 4.98 Å². The van der Waals surface area contributed by atoms with Crippen molar-refractivity contribution in [3.05, 3.63) is 10.7 Å². The molecule has 1 aromatic rings. The van der Waals surface area contributed by atoms with Crippen molar-refractivity contribution >= 4 is 15.9 Å². The normalized spacial score (nSPS) is 10.6. The van der Waals surface area contributed by atoms with Crippen LogP contribution in [0.5, 0.6) is 11.9 Å². The summed E-state index contributed by atoms with van der Waals surface area (Å²) in [6.07, 6.45) is 3.79. The Morgan fingerprint density at radius 1 is 1.44 bits per heavy atom. The lowest BCUT2D eigenvalue weighted by atomic mass is 10.1. The first-order chi connectivity index (χ1) is 7.63. The maximum atomic E-state index is 5.43. The number of ether oxygens (including phenoxy) is 2. The second-order valence-corrected chi connectivity index (χ2v) is 4.75. The third-order valence-corrected chi connectivity index (χ3v) is 2.58. The molecule has 0 atom stereocenters. The van der Waals surface area contributed by atoms with Gasteiger partial charge in [-0.2, -0.15) is 4.98 Å². The van der Waals surface area contributed by atoms with Crippen molar-refractivity contribution in [3.8, 4) is 11.9 Å². The van der Waals surface area contributed by atoms with Gasteiger partial charge in [0.1, 0.15) is 0 Å². The molecule has 0 bridgehead atoms. The number of halogens is 1. The van der Waals surface area contributed by atoms with E-state index in [0.29, 0.717) is 24.4 Å². The van der Waals surface area contributed by atoms with Crippen LogP contribution in [0, 0.1) is 5.92 Å². The fourth-order valence-corrected chi connectivity index (χ4v) is 1.56. The Balaban J connectivity index is 2.42. The lowest BCUT2D eigenvalue weighted by Crippen LogP contribution is -2.03. The summed E-state index contributed by atoms with van der Waals surface area (Å²) in [6.45, 7) is 5.03. The highest BCUT2D eigenvalue weighted by molar-refractivity contribution is 9.10. The molecular formula is C11H17BrN2O2. The Kier molecular flexibility index (Phi) is 5.52. The summed E-state index contributed by atoms with van der Waals surface area (Å²) >= 11 is 3.29. The Bertz CT molecular complexity index is 332. The van der Waals surface area contributed by atoms with Crippen LogP contribution >= 0.6 is 15.9 Å². The number of rotatable bonds is 6. The molecule has 0 aliphatic rings.